The van der Waals surface area contributed by atoms with Gasteiger partial charge in [-0.3, -0.25) is 19.7 Å². The zero-order valence-electron chi connectivity index (χ0n) is 26.6. The largest absolute Gasteiger partial charge is 0.496 e. The van der Waals surface area contributed by atoms with Crippen molar-refractivity contribution in [2.45, 2.75) is 45.3 Å². The molecule has 10 heteroatoms. The minimum atomic E-state index is -0.483. The summed E-state index contributed by atoms with van der Waals surface area (Å²) >= 11 is 0. The normalized spacial score (nSPS) is 20.3. The van der Waals surface area contributed by atoms with Crippen molar-refractivity contribution in [2.24, 2.45) is 4.99 Å². The molecule has 0 saturated carbocycles. The SMILES string of the molecule is C=NC(C)=CC(=CC)c1n[nH]c2ccc(C(=O)NC3CCC(C(=O)Nc4ccccc4)[N+](C)(Cc4c(F)cccc4OC)C3)cc12. The molecule has 2 amide bonds. The van der Waals surface area contributed by atoms with Crippen molar-refractivity contribution in [3.05, 3.63) is 107 Å². The van der Waals surface area contributed by atoms with Crippen LogP contribution in [0, 0.1) is 5.82 Å². The van der Waals surface area contributed by atoms with Crippen LogP contribution < -0.4 is 15.4 Å². The summed E-state index contributed by atoms with van der Waals surface area (Å²) in [5.41, 5.74) is 4.70. The quantitative estimate of drug-likeness (QED) is 0.110. The third kappa shape index (κ3) is 6.92. The van der Waals surface area contributed by atoms with Crippen molar-refractivity contribution in [1.29, 1.82) is 0 Å². The molecule has 4 aromatic rings. The van der Waals surface area contributed by atoms with E-state index in [1.54, 1.807) is 18.2 Å². The Bertz CT molecular complexity index is 1810. The average molecular weight is 624 g/mol. The van der Waals surface area contributed by atoms with Gasteiger partial charge >= 0.3 is 0 Å². The molecule has 2 heterocycles. The molecule has 1 fully saturated rings. The Labute approximate surface area is 268 Å². The van der Waals surface area contributed by atoms with Gasteiger partial charge in [0.25, 0.3) is 11.8 Å². The van der Waals surface area contributed by atoms with Gasteiger partial charge in [0.05, 0.1) is 43.5 Å². The number of allylic oxidation sites excluding steroid dienone is 4. The van der Waals surface area contributed by atoms with Crippen molar-refractivity contribution in [1.82, 2.24) is 15.5 Å². The van der Waals surface area contributed by atoms with E-state index in [1.165, 1.54) is 13.2 Å². The number of benzene rings is 3. The minimum absolute atomic E-state index is 0.151. The molecular weight excluding hydrogens is 583 g/mol. The zero-order valence-corrected chi connectivity index (χ0v) is 26.6. The van der Waals surface area contributed by atoms with Crippen LogP contribution in [0.4, 0.5) is 10.1 Å². The lowest BCUT2D eigenvalue weighted by atomic mass is 9.93. The van der Waals surface area contributed by atoms with E-state index in [4.69, 9.17) is 4.74 Å². The molecule has 46 heavy (non-hydrogen) atoms. The number of fused-ring (bicyclic) bond motifs is 1. The van der Waals surface area contributed by atoms with Gasteiger partial charge in [-0.1, -0.05) is 30.3 Å². The number of piperidine rings is 1. The fourth-order valence-electron chi connectivity index (χ4n) is 6.29. The lowest BCUT2D eigenvalue weighted by Crippen LogP contribution is -2.64. The number of hydrogen-bond acceptors (Lipinski definition) is 5. The van der Waals surface area contributed by atoms with Crippen molar-refractivity contribution < 1.29 is 23.2 Å². The van der Waals surface area contributed by atoms with Crippen molar-refractivity contribution >= 4 is 40.7 Å². The van der Waals surface area contributed by atoms with Gasteiger partial charge in [-0.2, -0.15) is 5.10 Å². The van der Waals surface area contributed by atoms with E-state index in [2.05, 4.69) is 32.5 Å². The van der Waals surface area contributed by atoms with Gasteiger partial charge in [-0.05, 0) is 75.5 Å². The van der Waals surface area contributed by atoms with Crippen LogP contribution in [0.25, 0.3) is 16.5 Å². The molecule has 0 radical (unpaired) electrons. The predicted molar refractivity (Wildman–Crippen MR) is 180 cm³/mol. The molecule has 1 saturated heterocycles. The molecule has 3 atom stereocenters. The molecule has 238 valence electrons. The zero-order chi connectivity index (χ0) is 32.8. The summed E-state index contributed by atoms with van der Waals surface area (Å²) < 4.78 is 20.9. The number of anilines is 1. The van der Waals surface area contributed by atoms with E-state index in [-0.39, 0.29) is 28.9 Å². The van der Waals surface area contributed by atoms with Crippen LogP contribution in [-0.2, 0) is 11.3 Å². The second kappa shape index (κ2) is 13.9. The van der Waals surface area contributed by atoms with Gasteiger partial charge in [0.15, 0.2) is 6.04 Å². The number of para-hydroxylation sites is 1. The van der Waals surface area contributed by atoms with Gasteiger partial charge in [0.1, 0.15) is 18.1 Å². The summed E-state index contributed by atoms with van der Waals surface area (Å²) in [6.07, 6.45) is 4.91. The molecule has 1 aliphatic heterocycles. The first-order valence-corrected chi connectivity index (χ1v) is 15.3. The number of halogens is 1. The first-order valence-electron chi connectivity index (χ1n) is 15.3. The number of carbonyl (C=O) groups excluding carboxylic acids is 2. The smallest absolute Gasteiger partial charge is 0.282 e. The third-order valence-corrected chi connectivity index (χ3v) is 8.70. The number of hydrogen-bond donors (Lipinski definition) is 3. The van der Waals surface area contributed by atoms with Crippen LogP contribution in [0.5, 0.6) is 5.75 Å². The summed E-state index contributed by atoms with van der Waals surface area (Å²) in [6.45, 7) is 7.99. The molecule has 0 spiro atoms. The number of aliphatic imine (C=N–C) groups is 1. The number of methoxy groups -OCH3 is 1. The number of rotatable bonds is 10. The number of H-pyrrole nitrogens is 1. The van der Waals surface area contributed by atoms with Crippen LogP contribution in [0.15, 0.2) is 89.6 Å². The Kier molecular flexibility index (Phi) is 9.77. The molecule has 9 nitrogen and oxygen atoms in total. The van der Waals surface area contributed by atoms with E-state index < -0.39 is 11.9 Å². The van der Waals surface area contributed by atoms with E-state index in [0.29, 0.717) is 47.6 Å². The van der Waals surface area contributed by atoms with Gasteiger partial charge in [0, 0.05) is 34.3 Å². The number of nitrogens with zero attached hydrogens (tertiary/aromatic N) is 3. The highest BCUT2D eigenvalue weighted by atomic mass is 19.1. The summed E-state index contributed by atoms with van der Waals surface area (Å²) in [6, 6.07) is 18.7. The first-order chi connectivity index (χ1) is 22.1. The standard InChI is InChI=1S/C36H39FN6O3/c1-6-24(19-23(2)38-3)34-28-20-25(15-17-31(28)41-42-34)35(44)40-27-16-18-32(36(45)39-26-11-8-7-9-12-26)43(4,21-27)22-29-30(37)13-10-14-33(29)46-5/h6-15,17,19-20,27,32H,3,16,18,21-22H2,1-2,4-5H3,(H2-,39,40,41,42,44,45)/p+1. The highest BCUT2D eigenvalue weighted by molar-refractivity contribution is 6.01. The molecule has 0 aliphatic carbocycles. The molecule has 1 aliphatic rings. The fourth-order valence-corrected chi connectivity index (χ4v) is 6.29. The maximum Gasteiger partial charge on any atom is 0.282 e. The number of aromatic amines is 1. The van der Waals surface area contributed by atoms with Gasteiger partial charge < -0.3 is 19.9 Å². The number of quaternary nitrogens is 1. The summed E-state index contributed by atoms with van der Waals surface area (Å²) in [7, 11) is 3.45. The molecule has 1 aromatic heterocycles. The topological polar surface area (TPSA) is 108 Å². The van der Waals surface area contributed by atoms with Crippen LogP contribution in [-0.4, -0.2) is 66.0 Å². The van der Waals surface area contributed by atoms with Crippen LogP contribution >= 0.6 is 0 Å². The molecular formula is C36H40FN6O3+. The maximum atomic E-state index is 15.2. The lowest BCUT2D eigenvalue weighted by molar-refractivity contribution is -0.942. The highest BCUT2D eigenvalue weighted by Gasteiger charge is 2.45. The number of amides is 2. The van der Waals surface area contributed by atoms with Crippen LogP contribution in [0.2, 0.25) is 0 Å². The Balaban J connectivity index is 1.41. The fraction of sp³-hybridized carbons (Fsp3) is 0.278. The first kappa shape index (κ1) is 32.3. The maximum absolute atomic E-state index is 15.2. The van der Waals surface area contributed by atoms with Gasteiger partial charge in [0.2, 0.25) is 0 Å². The number of likely N-dealkylation sites (tertiary alicyclic amines) is 1. The Morgan fingerprint density at radius 3 is 2.65 bits per heavy atom. The van der Waals surface area contributed by atoms with Crippen LogP contribution in [0.1, 0.15) is 48.3 Å². The Morgan fingerprint density at radius 1 is 1.15 bits per heavy atom. The summed E-state index contributed by atoms with van der Waals surface area (Å²) in [5.74, 6) is -0.359. The highest BCUT2D eigenvalue weighted by Crippen LogP contribution is 2.33. The van der Waals surface area contributed by atoms with Gasteiger partial charge in [-0.25, -0.2) is 4.39 Å². The molecule has 3 N–H and O–H groups in total. The monoisotopic (exact) mass is 623 g/mol. The average Bonchev–Trinajstić information content (AvgIpc) is 3.48. The number of likely N-dealkylation sites (N-methyl/N-ethyl adjacent to an activating group) is 1. The van der Waals surface area contributed by atoms with E-state index >= 15 is 4.39 Å². The second-order valence-corrected chi connectivity index (χ2v) is 11.9. The van der Waals surface area contributed by atoms with Crippen LogP contribution in [0.3, 0.4) is 0 Å². The third-order valence-electron chi connectivity index (χ3n) is 8.70. The number of aromatic nitrogens is 2. The Morgan fingerprint density at radius 2 is 1.93 bits per heavy atom. The van der Waals surface area contributed by atoms with E-state index in [1.807, 2.05) is 75.5 Å². The number of nitrogens with one attached hydrogen (secondary N) is 3. The van der Waals surface area contributed by atoms with E-state index in [0.717, 1.165) is 22.2 Å². The molecule has 3 aromatic carbocycles. The molecule has 5 rings (SSSR count). The number of ether oxygens (including phenoxy) is 1. The second-order valence-electron chi connectivity index (χ2n) is 11.9. The molecule has 0 bridgehead atoms. The van der Waals surface area contributed by atoms with Crippen molar-refractivity contribution in [3.8, 4) is 5.75 Å². The Hall–Kier alpha value is -5.09. The summed E-state index contributed by atoms with van der Waals surface area (Å²) in [5, 5.41) is 14.6. The number of carbonyl (C=O) groups is 2. The minimum Gasteiger partial charge on any atom is -0.496 e. The van der Waals surface area contributed by atoms with Crippen molar-refractivity contribution in [3.63, 3.8) is 0 Å². The lowest BCUT2D eigenvalue weighted by Gasteiger charge is -2.46. The van der Waals surface area contributed by atoms with Gasteiger partial charge in [-0.15, -0.1) is 0 Å². The van der Waals surface area contributed by atoms with Crippen molar-refractivity contribution in [2.75, 3.05) is 26.0 Å². The molecule has 3 unspecified atom stereocenters. The summed E-state index contributed by atoms with van der Waals surface area (Å²) in [4.78, 5) is 31.4. The predicted octanol–water partition coefficient (Wildman–Crippen LogP) is 6.26. The van der Waals surface area contributed by atoms with E-state index in [9.17, 15) is 9.59 Å².